The Morgan fingerprint density at radius 3 is 2.86 bits per heavy atom. The maximum atomic E-state index is 5.69. The van der Waals surface area contributed by atoms with Gasteiger partial charge in [0, 0.05) is 19.4 Å². The Morgan fingerprint density at radius 2 is 2.29 bits per heavy atom. The fourth-order valence-corrected chi connectivity index (χ4v) is 1.36. The van der Waals surface area contributed by atoms with E-state index in [1.165, 1.54) is 0 Å². The summed E-state index contributed by atoms with van der Waals surface area (Å²) < 4.78 is 2.57. The second kappa shape index (κ2) is 3.52. The lowest BCUT2D eigenvalue weighted by Gasteiger charge is -2.02. The topological polar surface area (TPSA) is 69.6 Å². The summed E-state index contributed by atoms with van der Waals surface area (Å²) in [7, 11) is 1.84. The number of aromatic nitrogens is 4. The Morgan fingerprint density at radius 1 is 1.50 bits per heavy atom. The van der Waals surface area contributed by atoms with Crippen LogP contribution in [0, 0.1) is 3.57 Å². The molecule has 72 valence electrons. The van der Waals surface area contributed by atoms with Crippen molar-refractivity contribution in [2.75, 3.05) is 5.73 Å². The minimum absolute atomic E-state index is 0.497. The molecule has 0 unspecified atom stereocenters. The normalized spacial score (nSPS) is 10.4. The van der Waals surface area contributed by atoms with E-state index in [9.17, 15) is 0 Å². The zero-order valence-corrected chi connectivity index (χ0v) is 9.63. The first-order valence-corrected chi connectivity index (χ1v) is 5.03. The van der Waals surface area contributed by atoms with E-state index in [0.717, 1.165) is 9.26 Å². The predicted molar refractivity (Wildman–Crippen MR) is 61.4 cm³/mol. The molecule has 0 amide bonds. The molecule has 2 heterocycles. The van der Waals surface area contributed by atoms with Crippen LogP contribution in [-0.2, 0) is 7.05 Å². The molecule has 6 heteroatoms. The van der Waals surface area contributed by atoms with Crippen LogP contribution in [-0.4, -0.2) is 19.7 Å². The van der Waals surface area contributed by atoms with Gasteiger partial charge in [-0.05, 0) is 28.7 Å². The largest absolute Gasteiger partial charge is 0.383 e. The molecule has 0 radical (unpaired) electrons. The minimum Gasteiger partial charge on any atom is -0.383 e. The highest BCUT2D eigenvalue weighted by molar-refractivity contribution is 14.1. The lowest BCUT2D eigenvalue weighted by atomic mass is 10.4. The number of hydrogen-bond donors (Lipinski definition) is 1. The van der Waals surface area contributed by atoms with Crippen LogP contribution in [0.3, 0.4) is 0 Å². The van der Waals surface area contributed by atoms with Crippen molar-refractivity contribution in [1.82, 2.24) is 19.7 Å². The molecule has 0 bridgehead atoms. The van der Waals surface area contributed by atoms with Crippen LogP contribution >= 0.6 is 22.6 Å². The van der Waals surface area contributed by atoms with Gasteiger partial charge in [0.25, 0.3) is 0 Å². The van der Waals surface area contributed by atoms with Crippen molar-refractivity contribution in [2.45, 2.75) is 0 Å². The summed E-state index contributed by atoms with van der Waals surface area (Å²) in [5.74, 6) is 1.10. The van der Waals surface area contributed by atoms with Gasteiger partial charge in [-0.3, -0.25) is 4.68 Å². The maximum absolute atomic E-state index is 5.69. The number of nitrogen functional groups attached to an aromatic ring is 1. The molecule has 2 aromatic rings. The molecule has 2 rings (SSSR count). The van der Waals surface area contributed by atoms with Crippen LogP contribution in [0.15, 0.2) is 18.5 Å². The van der Waals surface area contributed by atoms with Gasteiger partial charge in [-0.15, -0.1) is 0 Å². The smallest absolute Gasteiger partial charge is 0.179 e. The molecule has 0 aliphatic carbocycles. The quantitative estimate of drug-likeness (QED) is 0.800. The van der Waals surface area contributed by atoms with Crippen LogP contribution in [0.25, 0.3) is 11.5 Å². The molecule has 0 spiro atoms. The first-order chi connectivity index (χ1) is 6.68. The Hall–Kier alpha value is -1.18. The van der Waals surface area contributed by atoms with Crippen molar-refractivity contribution in [3.8, 4) is 11.5 Å². The molecule has 14 heavy (non-hydrogen) atoms. The average Bonchev–Trinajstić information content (AvgIpc) is 2.57. The van der Waals surface area contributed by atoms with Gasteiger partial charge in [0.15, 0.2) is 5.82 Å². The van der Waals surface area contributed by atoms with Crippen LogP contribution in [0.2, 0.25) is 0 Å². The average molecular weight is 301 g/mol. The maximum Gasteiger partial charge on any atom is 0.179 e. The number of aryl methyl sites for hydroxylation is 1. The summed E-state index contributed by atoms with van der Waals surface area (Å²) in [5.41, 5.74) is 6.54. The molecule has 2 N–H and O–H groups in total. The molecule has 0 saturated carbocycles. The molecule has 0 aliphatic heterocycles. The number of halogens is 1. The van der Waals surface area contributed by atoms with Gasteiger partial charge >= 0.3 is 0 Å². The second-order valence-electron chi connectivity index (χ2n) is 2.77. The standard InChI is InChI=1S/C8H8IN5/c1-14-6(2-3-12-14)8-11-4-5(9)7(10)13-8/h2-4H,1H3,(H2,10,11,13). The Labute approximate surface area is 94.5 Å². The van der Waals surface area contributed by atoms with Gasteiger partial charge < -0.3 is 5.73 Å². The first-order valence-electron chi connectivity index (χ1n) is 3.95. The van der Waals surface area contributed by atoms with Gasteiger partial charge in [-0.25, -0.2) is 9.97 Å². The summed E-state index contributed by atoms with van der Waals surface area (Å²) >= 11 is 2.10. The van der Waals surface area contributed by atoms with E-state index >= 15 is 0 Å². The summed E-state index contributed by atoms with van der Waals surface area (Å²) in [6, 6.07) is 1.85. The number of nitrogens with two attached hydrogens (primary N) is 1. The molecule has 5 nitrogen and oxygen atoms in total. The van der Waals surface area contributed by atoms with E-state index in [-0.39, 0.29) is 0 Å². The molecule has 0 saturated heterocycles. The number of anilines is 1. The lowest BCUT2D eigenvalue weighted by Crippen LogP contribution is -2.01. The predicted octanol–water partition coefficient (Wildman–Crippen LogP) is 1.06. The molecular formula is C8H8IN5. The number of rotatable bonds is 1. The van der Waals surface area contributed by atoms with Crippen molar-refractivity contribution in [3.05, 3.63) is 22.0 Å². The summed E-state index contributed by atoms with van der Waals surface area (Å²) in [6.45, 7) is 0. The Bertz CT molecular complexity index is 465. The van der Waals surface area contributed by atoms with Crippen LogP contribution in [0.5, 0.6) is 0 Å². The highest BCUT2D eigenvalue weighted by Crippen LogP contribution is 2.17. The molecule has 0 aromatic carbocycles. The van der Waals surface area contributed by atoms with Crippen LogP contribution in [0.1, 0.15) is 0 Å². The van der Waals surface area contributed by atoms with Crippen molar-refractivity contribution < 1.29 is 0 Å². The van der Waals surface area contributed by atoms with E-state index in [0.29, 0.717) is 11.6 Å². The summed E-state index contributed by atoms with van der Waals surface area (Å²) in [4.78, 5) is 8.36. The van der Waals surface area contributed by atoms with Gasteiger partial charge in [0.05, 0.1) is 3.57 Å². The van der Waals surface area contributed by atoms with Crippen molar-refractivity contribution >= 4 is 28.4 Å². The third kappa shape index (κ3) is 1.57. The molecule has 0 atom stereocenters. The third-order valence-corrected chi connectivity index (χ3v) is 2.65. The molecular weight excluding hydrogens is 293 g/mol. The van der Waals surface area contributed by atoms with E-state index in [1.807, 2.05) is 13.1 Å². The zero-order chi connectivity index (χ0) is 10.1. The summed E-state index contributed by atoms with van der Waals surface area (Å²) in [6.07, 6.45) is 3.40. The van der Waals surface area contributed by atoms with Gasteiger partial charge in [-0.2, -0.15) is 5.10 Å². The molecule has 2 aromatic heterocycles. The van der Waals surface area contributed by atoms with Crippen molar-refractivity contribution in [3.63, 3.8) is 0 Å². The third-order valence-electron chi connectivity index (χ3n) is 1.82. The SMILES string of the molecule is Cn1nccc1-c1ncc(I)c(N)n1. The van der Waals surface area contributed by atoms with Crippen molar-refractivity contribution in [1.29, 1.82) is 0 Å². The highest BCUT2D eigenvalue weighted by Gasteiger charge is 2.07. The number of hydrogen-bond acceptors (Lipinski definition) is 4. The Kier molecular flexibility index (Phi) is 2.36. The van der Waals surface area contributed by atoms with E-state index in [2.05, 4.69) is 37.7 Å². The highest BCUT2D eigenvalue weighted by atomic mass is 127. The lowest BCUT2D eigenvalue weighted by molar-refractivity contribution is 0.770. The second-order valence-corrected chi connectivity index (χ2v) is 3.93. The monoisotopic (exact) mass is 301 g/mol. The molecule has 0 aliphatic rings. The van der Waals surface area contributed by atoms with Crippen LogP contribution in [0.4, 0.5) is 5.82 Å². The Balaban J connectivity index is 2.53. The minimum atomic E-state index is 0.497. The van der Waals surface area contributed by atoms with E-state index in [1.54, 1.807) is 17.1 Å². The summed E-state index contributed by atoms with van der Waals surface area (Å²) in [5, 5.41) is 4.04. The number of nitrogens with zero attached hydrogens (tertiary/aromatic N) is 4. The first kappa shape index (κ1) is 9.38. The van der Waals surface area contributed by atoms with Crippen LogP contribution < -0.4 is 5.73 Å². The van der Waals surface area contributed by atoms with Crippen molar-refractivity contribution in [2.24, 2.45) is 7.05 Å². The van der Waals surface area contributed by atoms with Gasteiger partial charge in [0.1, 0.15) is 11.5 Å². The van der Waals surface area contributed by atoms with Gasteiger partial charge in [-0.1, -0.05) is 0 Å². The fourth-order valence-electron chi connectivity index (χ4n) is 1.10. The van der Waals surface area contributed by atoms with E-state index < -0.39 is 0 Å². The fraction of sp³-hybridized carbons (Fsp3) is 0.125. The molecule has 0 fully saturated rings. The van der Waals surface area contributed by atoms with Gasteiger partial charge in [0.2, 0.25) is 0 Å². The zero-order valence-electron chi connectivity index (χ0n) is 7.48. The van der Waals surface area contributed by atoms with E-state index in [4.69, 9.17) is 5.73 Å².